The summed E-state index contributed by atoms with van der Waals surface area (Å²) >= 11 is 0. The van der Waals surface area contributed by atoms with E-state index in [1.54, 1.807) is 6.20 Å². The van der Waals surface area contributed by atoms with Crippen LogP contribution in [0.15, 0.2) is 24.5 Å². The Bertz CT molecular complexity index is 835. The quantitative estimate of drug-likeness (QED) is 0.755. The molecule has 7 heteroatoms. The molecule has 0 radical (unpaired) electrons. The summed E-state index contributed by atoms with van der Waals surface area (Å²) in [6, 6.07) is 3.80. The van der Waals surface area contributed by atoms with Gasteiger partial charge in [-0.2, -0.15) is 13.2 Å². The lowest BCUT2D eigenvalue weighted by Crippen LogP contribution is -2.32. The smallest absolute Gasteiger partial charge is 0.334 e. The van der Waals surface area contributed by atoms with Crippen molar-refractivity contribution in [2.24, 2.45) is 5.92 Å². The van der Waals surface area contributed by atoms with Gasteiger partial charge in [0.05, 0.1) is 12.2 Å². The van der Waals surface area contributed by atoms with Crippen LogP contribution >= 0.6 is 0 Å². The average molecular weight is 374 g/mol. The lowest BCUT2D eigenvalue weighted by Gasteiger charge is -2.16. The second kappa shape index (κ2) is 7.35. The molecule has 1 atom stereocenters. The standard InChI is InChI=1S/C20H21F3N4/c21-20(22,23)14-26-10-8-16(12-26)5-4-15-6-7-17(24-11-15)18-13-27-9-2-1-3-19(27)25-18/h6-7,11,13,16H,1-3,8-10,12,14H2. The van der Waals surface area contributed by atoms with Gasteiger partial charge in [0, 0.05) is 43.4 Å². The molecule has 0 N–H and O–H groups in total. The first kappa shape index (κ1) is 18.1. The zero-order chi connectivity index (χ0) is 18.9. The Balaban J connectivity index is 1.39. The molecule has 2 aliphatic rings. The second-order valence-corrected chi connectivity index (χ2v) is 7.23. The minimum absolute atomic E-state index is 0.0214. The van der Waals surface area contributed by atoms with Gasteiger partial charge >= 0.3 is 6.18 Å². The van der Waals surface area contributed by atoms with Gasteiger partial charge in [-0.15, -0.1) is 0 Å². The predicted octanol–water partition coefficient (Wildman–Crippen LogP) is 3.52. The molecule has 4 rings (SSSR count). The monoisotopic (exact) mass is 374 g/mol. The molecule has 1 saturated heterocycles. The molecule has 0 amide bonds. The van der Waals surface area contributed by atoms with Gasteiger partial charge in [-0.1, -0.05) is 11.8 Å². The van der Waals surface area contributed by atoms with Gasteiger partial charge < -0.3 is 4.57 Å². The van der Waals surface area contributed by atoms with Crippen LogP contribution in [-0.4, -0.2) is 45.2 Å². The fourth-order valence-electron chi connectivity index (χ4n) is 3.69. The Hall–Kier alpha value is -2.33. The molecule has 142 valence electrons. The van der Waals surface area contributed by atoms with Crippen molar-refractivity contribution in [3.05, 3.63) is 35.9 Å². The largest absolute Gasteiger partial charge is 0.401 e. The molecule has 0 spiro atoms. The first-order valence-electron chi connectivity index (χ1n) is 9.29. The van der Waals surface area contributed by atoms with E-state index >= 15 is 0 Å². The summed E-state index contributed by atoms with van der Waals surface area (Å²) in [4.78, 5) is 10.5. The Morgan fingerprint density at radius 3 is 2.78 bits per heavy atom. The number of hydrogen-bond donors (Lipinski definition) is 0. The van der Waals surface area contributed by atoms with Crippen molar-refractivity contribution >= 4 is 0 Å². The van der Waals surface area contributed by atoms with Crippen LogP contribution in [0.3, 0.4) is 0 Å². The molecule has 2 aromatic rings. The SMILES string of the molecule is FC(F)(F)CN1CCC(C#Cc2ccc(-c3cn4c(n3)CCCC4)nc2)C1. The fraction of sp³-hybridized carbons (Fsp3) is 0.500. The third kappa shape index (κ3) is 4.51. The maximum atomic E-state index is 12.4. The van der Waals surface area contributed by atoms with Crippen LogP contribution in [-0.2, 0) is 13.0 Å². The van der Waals surface area contributed by atoms with E-state index in [4.69, 9.17) is 0 Å². The molecule has 1 fully saturated rings. The van der Waals surface area contributed by atoms with Gasteiger partial charge in [-0.3, -0.25) is 9.88 Å². The zero-order valence-corrected chi connectivity index (χ0v) is 15.0. The highest BCUT2D eigenvalue weighted by Gasteiger charge is 2.33. The topological polar surface area (TPSA) is 34.0 Å². The summed E-state index contributed by atoms with van der Waals surface area (Å²) in [6.45, 7) is 0.980. The number of pyridine rings is 1. The predicted molar refractivity (Wildman–Crippen MR) is 95.9 cm³/mol. The molecule has 1 unspecified atom stereocenters. The van der Waals surface area contributed by atoms with E-state index in [2.05, 4.69) is 32.6 Å². The van der Waals surface area contributed by atoms with E-state index in [1.807, 2.05) is 12.1 Å². The summed E-state index contributed by atoms with van der Waals surface area (Å²) in [5.41, 5.74) is 2.47. The Morgan fingerprint density at radius 2 is 2.04 bits per heavy atom. The maximum Gasteiger partial charge on any atom is 0.401 e. The molecule has 4 heterocycles. The molecular weight excluding hydrogens is 353 g/mol. The van der Waals surface area contributed by atoms with Crippen molar-refractivity contribution in [3.63, 3.8) is 0 Å². The lowest BCUT2D eigenvalue weighted by atomic mass is 10.1. The van der Waals surface area contributed by atoms with Crippen LogP contribution in [0.4, 0.5) is 13.2 Å². The molecular formula is C20H21F3N4. The zero-order valence-electron chi connectivity index (χ0n) is 15.0. The molecule has 4 nitrogen and oxygen atoms in total. The number of nitrogens with zero attached hydrogens (tertiary/aromatic N) is 4. The number of fused-ring (bicyclic) bond motifs is 1. The highest BCUT2D eigenvalue weighted by molar-refractivity contribution is 5.54. The average Bonchev–Trinajstić information content (AvgIpc) is 3.25. The van der Waals surface area contributed by atoms with Crippen molar-refractivity contribution in [1.29, 1.82) is 0 Å². The second-order valence-electron chi connectivity index (χ2n) is 7.23. The molecule has 2 aliphatic heterocycles. The van der Waals surface area contributed by atoms with Crippen molar-refractivity contribution in [2.75, 3.05) is 19.6 Å². The van der Waals surface area contributed by atoms with Gasteiger partial charge in [-0.25, -0.2) is 4.98 Å². The number of aromatic nitrogens is 3. The van der Waals surface area contributed by atoms with E-state index < -0.39 is 12.7 Å². The molecule has 2 aromatic heterocycles. The third-order valence-electron chi connectivity index (χ3n) is 5.03. The fourth-order valence-corrected chi connectivity index (χ4v) is 3.69. The minimum Gasteiger partial charge on any atom is -0.334 e. The van der Waals surface area contributed by atoms with Gasteiger partial charge in [-0.05, 0) is 37.9 Å². The molecule has 0 aliphatic carbocycles. The summed E-state index contributed by atoms with van der Waals surface area (Å²) in [5.74, 6) is 7.24. The minimum atomic E-state index is -4.14. The van der Waals surface area contributed by atoms with Crippen LogP contribution < -0.4 is 0 Å². The van der Waals surface area contributed by atoms with Gasteiger partial charge in [0.1, 0.15) is 11.5 Å². The van der Waals surface area contributed by atoms with Gasteiger partial charge in [0.2, 0.25) is 0 Å². The number of imidazole rings is 1. The Kier molecular flexibility index (Phi) is 4.92. The van der Waals surface area contributed by atoms with Crippen molar-refractivity contribution < 1.29 is 13.2 Å². The number of likely N-dealkylation sites (tertiary alicyclic amines) is 1. The van der Waals surface area contributed by atoms with Gasteiger partial charge in [0.15, 0.2) is 0 Å². The normalized spacial score (nSPS) is 20.2. The summed E-state index contributed by atoms with van der Waals surface area (Å²) in [7, 11) is 0. The molecule has 0 bridgehead atoms. The third-order valence-corrected chi connectivity index (χ3v) is 5.03. The van der Waals surface area contributed by atoms with Crippen LogP contribution in [0.1, 0.15) is 30.7 Å². The summed E-state index contributed by atoms with van der Waals surface area (Å²) in [5, 5.41) is 0. The van der Waals surface area contributed by atoms with Gasteiger partial charge in [0.25, 0.3) is 0 Å². The van der Waals surface area contributed by atoms with E-state index in [1.165, 1.54) is 17.7 Å². The van der Waals surface area contributed by atoms with Crippen molar-refractivity contribution in [2.45, 2.75) is 38.4 Å². The lowest BCUT2D eigenvalue weighted by molar-refractivity contribution is -0.143. The van der Waals surface area contributed by atoms with Crippen LogP contribution in [0.2, 0.25) is 0 Å². The Labute approximate surface area is 156 Å². The first-order chi connectivity index (χ1) is 13.0. The van der Waals surface area contributed by atoms with Crippen molar-refractivity contribution in [3.8, 4) is 23.2 Å². The number of aryl methyl sites for hydroxylation is 2. The summed E-state index contributed by atoms with van der Waals surface area (Å²) < 4.78 is 39.5. The van der Waals surface area contributed by atoms with E-state index in [0.717, 1.165) is 35.7 Å². The van der Waals surface area contributed by atoms with Crippen LogP contribution in [0, 0.1) is 17.8 Å². The molecule has 27 heavy (non-hydrogen) atoms. The van der Waals surface area contributed by atoms with E-state index in [9.17, 15) is 13.2 Å². The maximum absolute atomic E-state index is 12.4. The Morgan fingerprint density at radius 1 is 1.15 bits per heavy atom. The number of alkyl halides is 3. The van der Waals surface area contributed by atoms with E-state index in [0.29, 0.717) is 19.5 Å². The van der Waals surface area contributed by atoms with Crippen LogP contribution in [0.25, 0.3) is 11.4 Å². The summed E-state index contributed by atoms with van der Waals surface area (Å²) in [6.07, 6.45) is 3.67. The molecule has 0 aromatic carbocycles. The highest BCUT2D eigenvalue weighted by Crippen LogP contribution is 2.23. The van der Waals surface area contributed by atoms with Crippen molar-refractivity contribution in [1.82, 2.24) is 19.4 Å². The molecule has 0 saturated carbocycles. The number of halogens is 3. The van der Waals surface area contributed by atoms with Crippen LogP contribution in [0.5, 0.6) is 0 Å². The number of rotatable bonds is 2. The first-order valence-corrected chi connectivity index (χ1v) is 9.29. The number of hydrogen-bond acceptors (Lipinski definition) is 3. The highest BCUT2D eigenvalue weighted by atomic mass is 19.4. The van der Waals surface area contributed by atoms with E-state index in [-0.39, 0.29) is 5.92 Å².